The summed E-state index contributed by atoms with van der Waals surface area (Å²) in [5.41, 5.74) is 0.181. The SMILES string of the molecule is CCCCOCCOCCOCCNCC1(CO)CC1. The first-order chi connectivity index (χ1) is 9.83. The Morgan fingerprint density at radius 3 is 2.10 bits per heavy atom. The van der Waals surface area contributed by atoms with Gasteiger partial charge in [-0.15, -0.1) is 0 Å². The molecule has 0 amide bonds. The van der Waals surface area contributed by atoms with E-state index in [1.165, 1.54) is 6.42 Å². The van der Waals surface area contributed by atoms with E-state index in [4.69, 9.17) is 19.3 Å². The van der Waals surface area contributed by atoms with Gasteiger partial charge in [0.2, 0.25) is 0 Å². The van der Waals surface area contributed by atoms with Gasteiger partial charge >= 0.3 is 0 Å². The van der Waals surface area contributed by atoms with Gasteiger partial charge in [0.15, 0.2) is 0 Å². The summed E-state index contributed by atoms with van der Waals surface area (Å²) >= 11 is 0. The molecule has 0 saturated heterocycles. The molecule has 5 heteroatoms. The second kappa shape index (κ2) is 11.5. The molecule has 0 radical (unpaired) electrons. The summed E-state index contributed by atoms with van der Waals surface area (Å²) in [6, 6.07) is 0. The lowest BCUT2D eigenvalue weighted by Gasteiger charge is -2.12. The van der Waals surface area contributed by atoms with Crippen LogP contribution in [0.1, 0.15) is 32.6 Å². The third-order valence-electron chi connectivity index (χ3n) is 3.60. The highest BCUT2D eigenvalue weighted by molar-refractivity contribution is 4.94. The Hall–Kier alpha value is -0.200. The number of aliphatic hydroxyl groups excluding tert-OH is 1. The summed E-state index contributed by atoms with van der Waals surface area (Å²) in [5.74, 6) is 0. The van der Waals surface area contributed by atoms with Crippen molar-refractivity contribution in [3.8, 4) is 0 Å². The zero-order valence-electron chi connectivity index (χ0n) is 12.9. The second-order valence-corrected chi connectivity index (χ2v) is 5.53. The largest absolute Gasteiger partial charge is 0.396 e. The zero-order valence-corrected chi connectivity index (χ0v) is 12.9. The first-order valence-corrected chi connectivity index (χ1v) is 7.88. The van der Waals surface area contributed by atoms with Crippen molar-refractivity contribution < 1.29 is 19.3 Å². The van der Waals surface area contributed by atoms with E-state index < -0.39 is 0 Å². The summed E-state index contributed by atoms with van der Waals surface area (Å²) in [7, 11) is 0. The van der Waals surface area contributed by atoms with Crippen LogP contribution >= 0.6 is 0 Å². The van der Waals surface area contributed by atoms with E-state index in [-0.39, 0.29) is 5.41 Å². The molecule has 1 aliphatic rings. The Labute approximate surface area is 123 Å². The molecule has 0 atom stereocenters. The van der Waals surface area contributed by atoms with Crippen molar-refractivity contribution in [3.05, 3.63) is 0 Å². The summed E-state index contributed by atoms with van der Waals surface area (Å²) in [4.78, 5) is 0. The minimum Gasteiger partial charge on any atom is -0.396 e. The van der Waals surface area contributed by atoms with Crippen LogP contribution in [0.15, 0.2) is 0 Å². The average Bonchev–Trinajstić information content (AvgIpc) is 3.24. The van der Waals surface area contributed by atoms with Crippen LogP contribution in [0, 0.1) is 5.41 Å². The van der Waals surface area contributed by atoms with Gasteiger partial charge in [0, 0.05) is 31.7 Å². The van der Waals surface area contributed by atoms with E-state index in [0.717, 1.165) is 39.0 Å². The lowest BCUT2D eigenvalue weighted by molar-refractivity contribution is 0.0145. The monoisotopic (exact) mass is 289 g/mol. The van der Waals surface area contributed by atoms with Gasteiger partial charge in [0.1, 0.15) is 0 Å². The van der Waals surface area contributed by atoms with Crippen molar-refractivity contribution in [3.63, 3.8) is 0 Å². The fourth-order valence-electron chi connectivity index (χ4n) is 1.85. The maximum Gasteiger partial charge on any atom is 0.0701 e. The Morgan fingerprint density at radius 2 is 1.55 bits per heavy atom. The molecule has 0 spiro atoms. The lowest BCUT2D eigenvalue weighted by Crippen LogP contribution is -2.29. The van der Waals surface area contributed by atoms with Crippen LogP contribution in [0.2, 0.25) is 0 Å². The van der Waals surface area contributed by atoms with Crippen molar-refractivity contribution in [2.75, 3.05) is 59.3 Å². The van der Waals surface area contributed by atoms with Crippen molar-refractivity contribution in [1.29, 1.82) is 0 Å². The highest BCUT2D eigenvalue weighted by Crippen LogP contribution is 2.44. The minimum absolute atomic E-state index is 0.181. The highest BCUT2D eigenvalue weighted by atomic mass is 16.5. The number of unbranched alkanes of at least 4 members (excludes halogenated alkanes) is 1. The fraction of sp³-hybridized carbons (Fsp3) is 1.00. The third kappa shape index (κ3) is 8.87. The van der Waals surface area contributed by atoms with Crippen molar-refractivity contribution in [1.82, 2.24) is 5.32 Å². The molecule has 1 fully saturated rings. The van der Waals surface area contributed by atoms with Gasteiger partial charge in [-0.05, 0) is 19.3 Å². The number of aliphatic hydroxyl groups is 1. The van der Waals surface area contributed by atoms with Crippen LogP contribution in [0.25, 0.3) is 0 Å². The molecule has 1 saturated carbocycles. The van der Waals surface area contributed by atoms with Gasteiger partial charge in [-0.25, -0.2) is 0 Å². The van der Waals surface area contributed by atoms with E-state index in [9.17, 15) is 0 Å². The Balaban J connectivity index is 1.68. The van der Waals surface area contributed by atoms with Gasteiger partial charge in [-0.1, -0.05) is 13.3 Å². The number of rotatable bonds is 15. The summed E-state index contributed by atoms with van der Waals surface area (Å²) in [5, 5.41) is 12.5. The van der Waals surface area contributed by atoms with Crippen LogP contribution in [-0.2, 0) is 14.2 Å². The van der Waals surface area contributed by atoms with Crippen LogP contribution < -0.4 is 5.32 Å². The Kier molecular flexibility index (Phi) is 10.2. The summed E-state index contributed by atoms with van der Waals surface area (Å²) in [6.45, 7) is 8.28. The molecule has 1 aliphatic carbocycles. The fourth-order valence-corrected chi connectivity index (χ4v) is 1.85. The molecule has 5 nitrogen and oxygen atoms in total. The maximum absolute atomic E-state index is 9.15. The van der Waals surface area contributed by atoms with Gasteiger partial charge in [0.25, 0.3) is 0 Å². The van der Waals surface area contributed by atoms with Crippen LogP contribution in [0.3, 0.4) is 0 Å². The predicted octanol–water partition coefficient (Wildman–Crippen LogP) is 1.20. The van der Waals surface area contributed by atoms with Crippen molar-refractivity contribution >= 4 is 0 Å². The first-order valence-electron chi connectivity index (χ1n) is 7.88. The average molecular weight is 289 g/mol. The number of hydrogen-bond acceptors (Lipinski definition) is 5. The standard InChI is InChI=1S/C15H31NO4/c1-2-3-7-18-9-11-20-12-10-19-8-6-16-13-15(14-17)4-5-15/h16-17H,2-14H2,1H3. The molecule has 0 aromatic carbocycles. The molecule has 0 unspecified atom stereocenters. The van der Waals surface area contributed by atoms with Crippen molar-refractivity contribution in [2.45, 2.75) is 32.6 Å². The van der Waals surface area contributed by atoms with Crippen LogP contribution in [0.4, 0.5) is 0 Å². The Bertz CT molecular complexity index is 222. The summed E-state index contributed by atoms with van der Waals surface area (Å²) in [6.07, 6.45) is 4.58. The quantitative estimate of drug-likeness (QED) is 0.444. The minimum atomic E-state index is 0.181. The smallest absolute Gasteiger partial charge is 0.0701 e. The lowest BCUT2D eigenvalue weighted by atomic mass is 10.1. The predicted molar refractivity (Wildman–Crippen MR) is 79.0 cm³/mol. The van der Waals surface area contributed by atoms with Crippen LogP contribution in [-0.4, -0.2) is 64.4 Å². The molecular weight excluding hydrogens is 258 g/mol. The molecule has 120 valence electrons. The van der Waals surface area contributed by atoms with Gasteiger partial charge < -0.3 is 24.6 Å². The molecular formula is C15H31NO4. The van der Waals surface area contributed by atoms with Gasteiger partial charge in [-0.2, -0.15) is 0 Å². The van der Waals surface area contributed by atoms with Crippen LogP contribution in [0.5, 0.6) is 0 Å². The molecule has 0 bridgehead atoms. The third-order valence-corrected chi connectivity index (χ3v) is 3.60. The van der Waals surface area contributed by atoms with E-state index in [2.05, 4.69) is 12.2 Å². The normalized spacial score (nSPS) is 16.5. The number of nitrogens with one attached hydrogen (secondary N) is 1. The van der Waals surface area contributed by atoms with E-state index in [1.54, 1.807) is 0 Å². The molecule has 0 aromatic heterocycles. The van der Waals surface area contributed by atoms with E-state index in [1.807, 2.05) is 0 Å². The second-order valence-electron chi connectivity index (χ2n) is 5.53. The maximum atomic E-state index is 9.15. The van der Waals surface area contributed by atoms with E-state index in [0.29, 0.717) is 39.6 Å². The Morgan fingerprint density at radius 1 is 0.950 bits per heavy atom. The highest BCUT2D eigenvalue weighted by Gasteiger charge is 2.41. The van der Waals surface area contributed by atoms with Gasteiger partial charge in [0.05, 0.1) is 33.0 Å². The molecule has 0 heterocycles. The molecule has 20 heavy (non-hydrogen) atoms. The summed E-state index contributed by atoms with van der Waals surface area (Å²) < 4.78 is 16.2. The van der Waals surface area contributed by atoms with E-state index >= 15 is 0 Å². The number of ether oxygens (including phenoxy) is 3. The topological polar surface area (TPSA) is 60.0 Å². The number of hydrogen-bond donors (Lipinski definition) is 2. The van der Waals surface area contributed by atoms with Gasteiger partial charge in [-0.3, -0.25) is 0 Å². The zero-order chi connectivity index (χ0) is 14.5. The molecule has 0 aromatic rings. The molecule has 0 aliphatic heterocycles. The first kappa shape index (κ1) is 17.9. The van der Waals surface area contributed by atoms with Crippen molar-refractivity contribution in [2.24, 2.45) is 5.41 Å². The molecule has 1 rings (SSSR count). The molecule has 2 N–H and O–H groups in total.